The van der Waals surface area contributed by atoms with Crippen LogP contribution in [-0.4, -0.2) is 36.8 Å². The summed E-state index contributed by atoms with van der Waals surface area (Å²) < 4.78 is 32.5. The van der Waals surface area contributed by atoms with Gasteiger partial charge in [-0.1, -0.05) is 12.1 Å². The summed E-state index contributed by atoms with van der Waals surface area (Å²) in [6.45, 7) is 1.77. The number of β-amino-alcohol motifs (C(OH)–C–C–N with tert-alkyl or cyclic N) is 1. The molecule has 0 spiro atoms. The van der Waals surface area contributed by atoms with Crippen LogP contribution in [0.5, 0.6) is 5.75 Å². The van der Waals surface area contributed by atoms with Crippen LogP contribution >= 0.6 is 0 Å². The maximum absolute atomic E-state index is 13.8. The molecule has 5 heteroatoms. The third kappa shape index (κ3) is 3.57. The molecule has 0 fully saturated rings. The van der Waals surface area contributed by atoms with E-state index in [-0.39, 0.29) is 12.1 Å². The van der Waals surface area contributed by atoms with Crippen molar-refractivity contribution in [3.05, 3.63) is 64.7 Å². The lowest BCUT2D eigenvalue weighted by molar-refractivity contribution is 0.112. The van der Waals surface area contributed by atoms with Gasteiger partial charge in [0.05, 0.1) is 13.2 Å². The van der Waals surface area contributed by atoms with Crippen LogP contribution in [0.2, 0.25) is 0 Å². The summed E-state index contributed by atoms with van der Waals surface area (Å²) in [5.41, 5.74) is 2.44. The van der Waals surface area contributed by atoms with Gasteiger partial charge < -0.3 is 9.84 Å². The van der Waals surface area contributed by atoms with Crippen molar-refractivity contribution in [2.75, 3.05) is 26.7 Å². The molecule has 24 heavy (non-hydrogen) atoms. The molecule has 2 aromatic rings. The van der Waals surface area contributed by atoms with Gasteiger partial charge in [-0.25, -0.2) is 8.78 Å². The van der Waals surface area contributed by atoms with Gasteiger partial charge in [-0.2, -0.15) is 0 Å². The van der Waals surface area contributed by atoms with E-state index in [1.165, 1.54) is 11.1 Å². The number of hydrogen-bond acceptors (Lipinski definition) is 3. The molecule has 3 nitrogen and oxygen atoms in total. The van der Waals surface area contributed by atoms with Crippen LogP contribution in [0.25, 0.3) is 0 Å². The summed E-state index contributed by atoms with van der Waals surface area (Å²) in [5.74, 6) is -0.242. The molecule has 1 unspecified atom stereocenters. The Morgan fingerprint density at radius 3 is 2.75 bits per heavy atom. The smallest absolute Gasteiger partial charge is 0.129 e. The van der Waals surface area contributed by atoms with Crippen LogP contribution < -0.4 is 4.74 Å². The van der Waals surface area contributed by atoms with Crippen molar-refractivity contribution in [1.29, 1.82) is 0 Å². The predicted octanol–water partition coefficient (Wildman–Crippen LogP) is 3.11. The van der Waals surface area contributed by atoms with Gasteiger partial charge in [0.2, 0.25) is 0 Å². The number of nitrogens with zero attached hydrogens (tertiary/aromatic N) is 1. The van der Waals surface area contributed by atoms with Gasteiger partial charge >= 0.3 is 0 Å². The van der Waals surface area contributed by atoms with Crippen molar-refractivity contribution in [3.8, 4) is 5.75 Å². The Kier molecular flexibility index (Phi) is 5.11. The zero-order valence-electron chi connectivity index (χ0n) is 13.6. The molecule has 0 bridgehead atoms. The topological polar surface area (TPSA) is 32.7 Å². The number of aliphatic hydroxyl groups excluding tert-OH is 1. The second kappa shape index (κ2) is 7.28. The Labute approximate surface area is 140 Å². The van der Waals surface area contributed by atoms with Gasteiger partial charge in [0, 0.05) is 25.2 Å². The molecule has 0 aliphatic carbocycles. The first-order chi connectivity index (χ1) is 11.6. The van der Waals surface area contributed by atoms with Crippen LogP contribution in [0, 0.1) is 11.6 Å². The normalized spacial score (nSPS) is 16.3. The van der Waals surface area contributed by atoms with Gasteiger partial charge in [0.25, 0.3) is 0 Å². The molecule has 1 atom stereocenters. The average molecular weight is 333 g/mol. The van der Waals surface area contributed by atoms with E-state index in [9.17, 15) is 13.9 Å². The summed E-state index contributed by atoms with van der Waals surface area (Å²) in [7, 11) is 1.66. The van der Waals surface area contributed by atoms with Gasteiger partial charge in [0.1, 0.15) is 17.4 Å². The second-order valence-corrected chi connectivity index (χ2v) is 6.08. The van der Waals surface area contributed by atoms with Crippen molar-refractivity contribution < 1.29 is 18.6 Å². The molecular weight excluding hydrogens is 312 g/mol. The zero-order valence-corrected chi connectivity index (χ0v) is 13.6. The lowest BCUT2D eigenvalue weighted by atomic mass is 10.0. The van der Waals surface area contributed by atoms with Crippen LogP contribution in [0.4, 0.5) is 8.78 Å². The van der Waals surface area contributed by atoms with E-state index in [2.05, 4.69) is 11.0 Å². The number of aliphatic hydroxyl groups is 1. The lowest BCUT2D eigenvalue weighted by Gasteiger charge is -2.23. The van der Waals surface area contributed by atoms with Crippen molar-refractivity contribution in [1.82, 2.24) is 4.90 Å². The summed E-state index contributed by atoms with van der Waals surface area (Å²) in [6, 6.07) is 9.19. The van der Waals surface area contributed by atoms with Crippen LogP contribution in [0.1, 0.15) is 22.8 Å². The predicted molar refractivity (Wildman–Crippen MR) is 88.2 cm³/mol. The fourth-order valence-corrected chi connectivity index (χ4v) is 3.28. The first-order valence-electron chi connectivity index (χ1n) is 8.08. The highest BCUT2D eigenvalue weighted by Crippen LogP contribution is 2.27. The van der Waals surface area contributed by atoms with E-state index in [1.54, 1.807) is 7.11 Å². The fourth-order valence-electron chi connectivity index (χ4n) is 3.28. The number of halogens is 2. The van der Waals surface area contributed by atoms with Crippen LogP contribution in [-0.2, 0) is 12.8 Å². The highest BCUT2D eigenvalue weighted by molar-refractivity contribution is 5.41. The highest BCUT2D eigenvalue weighted by atomic mass is 19.1. The highest BCUT2D eigenvalue weighted by Gasteiger charge is 2.21. The molecule has 0 aromatic heterocycles. The van der Waals surface area contributed by atoms with Gasteiger partial charge in [-0.15, -0.1) is 0 Å². The average Bonchev–Trinajstić information content (AvgIpc) is 2.79. The van der Waals surface area contributed by atoms with Crippen LogP contribution in [0.3, 0.4) is 0 Å². The maximum atomic E-state index is 13.8. The van der Waals surface area contributed by atoms with Crippen molar-refractivity contribution in [2.24, 2.45) is 0 Å². The number of fused-ring (bicyclic) bond motifs is 1. The monoisotopic (exact) mass is 333 g/mol. The molecule has 1 N–H and O–H groups in total. The standard InChI is InChI=1S/C19H21F2NO2/c1-24-19-4-2-3-13-7-9-22(10-8-15(13)19)12-18(23)16-11-14(20)5-6-17(16)21/h2-6,11,18,23H,7-10,12H2,1H3. The Morgan fingerprint density at radius 1 is 1.17 bits per heavy atom. The number of benzene rings is 2. The largest absolute Gasteiger partial charge is 0.496 e. The zero-order chi connectivity index (χ0) is 17.1. The van der Waals surface area contributed by atoms with E-state index in [0.717, 1.165) is 49.9 Å². The molecule has 0 radical (unpaired) electrons. The number of rotatable bonds is 4. The summed E-state index contributed by atoms with van der Waals surface area (Å²) in [4.78, 5) is 2.08. The molecule has 2 aromatic carbocycles. The maximum Gasteiger partial charge on any atom is 0.129 e. The van der Waals surface area contributed by atoms with Gasteiger partial charge in [-0.05, 0) is 48.2 Å². The molecular formula is C19H21F2NO2. The summed E-state index contributed by atoms with van der Waals surface area (Å²) in [6.07, 6.45) is 0.589. The Bertz CT molecular complexity index is 721. The van der Waals surface area contributed by atoms with E-state index >= 15 is 0 Å². The minimum atomic E-state index is -1.05. The number of methoxy groups -OCH3 is 1. The Balaban J connectivity index is 1.71. The molecule has 3 rings (SSSR count). The van der Waals surface area contributed by atoms with Gasteiger partial charge in [0.15, 0.2) is 0 Å². The van der Waals surface area contributed by atoms with E-state index < -0.39 is 17.7 Å². The number of ether oxygens (including phenoxy) is 1. The summed E-state index contributed by atoms with van der Waals surface area (Å²) in [5, 5.41) is 10.3. The fraction of sp³-hybridized carbons (Fsp3) is 0.368. The Morgan fingerprint density at radius 2 is 1.96 bits per heavy atom. The molecule has 1 heterocycles. The molecule has 1 aliphatic rings. The first kappa shape index (κ1) is 16.9. The second-order valence-electron chi connectivity index (χ2n) is 6.08. The molecule has 128 valence electrons. The SMILES string of the molecule is COc1cccc2c1CCN(CC(O)c1cc(F)ccc1F)CC2. The first-order valence-corrected chi connectivity index (χ1v) is 8.08. The molecule has 0 saturated carbocycles. The minimum Gasteiger partial charge on any atom is -0.496 e. The molecule has 1 aliphatic heterocycles. The minimum absolute atomic E-state index is 0.00865. The van der Waals surface area contributed by atoms with E-state index in [4.69, 9.17) is 4.74 Å². The summed E-state index contributed by atoms with van der Waals surface area (Å²) >= 11 is 0. The van der Waals surface area contributed by atoms with E-state index in [1.807, 2.05) is 12.1 Å². The van der Waals surface area contributed by atoms with Crippen LogP contribution in [0.15, 0.2) is 36.4 Å². The molecule has 0 saturated heterocycles. The third-order valence-corrected chi connectivity index (χ3v) is 4.57. The Hall–Kier alpha value is -1.98. The molecule has 0 amide bonds. The van der Waals surface area contributed by atoms with E-state index in [0.29, 0.717) is 0 Å². The van der Waals surface area contributed by atoms with Gasteiger partial charge in [-0.3, -0.25) is 4.90 Å². The lowest BCUT2D eigenvalue weighted by Crippen LogP contribution is -2.31. The van der Waals surface area contributed by atoms with Crippen molar-refractivity contribution >= 4 is 0 Å². The van der Waals surface area contributed by atoms with Crippen molar-refractivity contribution in [2.45, 2.75) is 18.9 Å². The third-order valence-electron chi connectivity index (χ3n) is 4.57. The quantitative estimate of drug-likeness (QED) is 0.933. The number of hydrogen-bond donors (Lipinski definition) is 1. The van der Waals surface area contributed by atoms with Crippen molar-refractivity contribution in [3.63, 3.8) is 0 Å².